The van der Waals surface area contributed by atoms with Gasteiger partial charge in [-0.05, 0) is 74.5 Å². The summed E-state index contributed by atoms with van der Waals surface area (Å²) in [5.74, 6) is 1.41. The first kappa shape index (κ1) is 25.2. The summed E-state index contributed by atoms with van der Waals surface area (Å²) >= 11 is 0. The molecule has 2 heterocycles. The van der Waals surface area contributed by atoms with Gasteiger partial charge in [-0.3, -0.25) is 0 Å². The van der Waals surface area contributed by atoms with E-state index in [0.717, 1.165) is 17.3 Å². The molecule has 7 heteroatoms. The molecule has 1 N–H and O–H groups in total. The molecule has 34 heavy (non-hydrogen) atoms. The average molecular weight is 488 g/mol. The summed E-state index contributed by atoms with van der Waals surface area (Å²) in [5.41, 5.74) is 5.69. The number of methoxy groups -OCH3 is 1. The van der Waals surface area contributed by atoms with Crippen molar-refractivity contribution in [1.82, 2.24) is 9.88 Å². The van der Waals surface area contributed by atoms with Crippen LogP contribution >= 0.6 is 12.4 Å². The third-order valence-corrected chi connectivity index (χ3v) is 8.05. The van der Waals surface area contributed by atoms with Gasteiger partial charge >= 0.3 is 0 Å². The Hall–Kier alpha value is -1.86. The minimum Gasteiger partial charge on any atom is -0.475 e. The summed E-state index contributed by atoms with van der Waals surface area (Å²) in [6.45, 7) is 3.38. The minimum absolute atomic E-state index is 0. The summed E-state index contributed by atoms with van der Waals surface area (Å²) in [6.07, 6.45) is 9.76. The largest absolute Gasteiger partial charge is 0.475 e. The van der Waals surface area contributed by atoms with E-state index in [-0.39, 0.29) is 12.4 Å². The van der Waals surface area contributed by atoms with Crippen LogP contribution in [-0.4, -0.2) is 63.1 Å². The Morgan fingerprint density at radius 3 is 2.79 bits per heavy atom. The summed E-state index contributed by atoms with van der Waals surface area (Å²) in [7, 11) is 4.00. The zero-order valence-electron chi connectivity index (χ0n) is 20.4. The van der Waals surface area contributed by atoms with Crippen LogP contribution in [0, 0.1) is 5.92 Å². The highest BCUT2D eigenvalue weighted by molar-refractivity contribution is 5.85. The topological polar surface area (TPSA) is 55.9 Å². The van der Waals surface area contributed by atoms with Gasteiger partial charge in [0.1, 0.15) is 6.61 Å². The average Bonchev–Trinajstić information content (AvgIpc) is 2.84. The second-order valence-electron chi connectivity index (χ2n) is 9.84. The molecule has 2 aromatic rings. The number of fused-ring (bicyclic) bond motifs is 1. The van der Waals surface area contributed by atoms with E-state index < -0.39 is 0 Å². The maximum atomic E-state index is 5.77. The number of likely N-dealkylation sites (N-methyl/N-ethyl adjacent to an activating group) is 1. The van der Waals surface area contributed by atoms with E-state index in [0.29, 0.717) is 43.8 Å². The summed E-state index contributed by atoms with van der Waals surface area (Å²) in [6, 6.07) is 11.7. The number of piperidine rings is 1. The van der Waals surface area contributed by atoms with Crippen molar-refractivity contribution in [3.8, 4) is 5.88 Å². The molecule has 1 saturated heterocycles. The lowest BCUT2D eigenvalue weighted by atomic mass is 9.52. The number of likely N-dealkylation sites (tertiary alicyclic amines) is 1. The third-order valence-electron chi connectivity index (χ3n) is 8.05. The third kappa shape index (κ3) is 5.06. The lowest BCUT2D eigenvalue weighted by Crippen LogP contribution is -2.59. The molecule has 0 radical (unpaired) electrons. The van der Waals surface area contributed by atoms with E-state index in [1.807, 2.05) is 12.1 Å². The number of pyridine rings is 1. The van der Waals surface area contributed by atoms with Gasteiger partial charge in [0.05, 0.1) is 19.8 Å². The van der Waals surface area contributed by atoms with Crippen LogP contribution in [0.5, 0.6) is 5.88 Å². The number of halogens is 1. The van der Waals surface area contributed by atoms with Gasteiger partial charge in [-0.1, -0.05) is 18.9 Å². The van der Waals surface area contributed by atoms with Gasteiger partial charge < -0.3 is 24.4 Å². The quantitative estimate of drug-likeness (QED) is 0.503. The monoisotopic (exact) mass is 487 g/mol. The van der Waals surface area contributed by atoms with Crippen LogP contribution in [0.3, 0.4) is 0 Å². The Kier molecular flexibility index (Phi) is 8.35. The van der Waals surface area contributed by atoms with Crippen molar-refractivity contribution in [3.63, 3.8) is 0 Å². The summed E-state index contributed by atoms with van der Waals surface area (Å²) < 4.78 is 16.2. The number of ether oxygens (including phenoxy) is 3. The Morgan fingerprint density at radius 2 is 1.91 bits per heavy atom. The maximum Gasteiger partial charge on any atom is 0.215 e. The molecule has 1 aliphatic heterocycles. The zero-order valence-corrected chi connectivity index (χ0v) is 21.2. The van der Waals surface area contributed by atoms with Crippen molar-refractivity contribution < 1.29 is 14.2 Å². The first-order chi connectivity index (χ1) is 16.2. The van der Waals surface area contributed by atoms with Gasteiger partial charge in [0.2, 0.25) is 5.88 Å². The van der Waals surface area contributed by atoms with Gasteiger partial charge in [0, 0.05) is 42.2 Å². The van der Waals surface area contributed by atoms with Crippen LogP contribution in [-0.2, 0) is 21.3 Å². The van der Waals surface area contributed by atoms with E-state index >= 15 is 0 Å². The standard InChI is InChI=1S/C27H37N3O3.ClH/c1-30-12-10-27-9-4-3-5-23(27)25(30)17-20-6-7-21(18-24(20)27)29-22-8-11-28-26(19-22)33-16-15-32-14-13-31-2;/h6-8,11,18-19,23,25H,3-5,9-10,12-17H2,1-2H3,(H,28,29);1H/t23-,25+,27+;/m0./s1. The molecular formula is C27H38ClN3O3. The van der Waals surface area contributed by atoms with Crippen LogP contribution in [0.1, 0.15) is 43.2 Å². The molecule has 3 aliphatic rings. The predicted molar refractivity (Wildman–Crippen MR) is 138 cm³/mol. The molecule has 0 unspecified atom stereocenters. The zero-order chi connectivity index (χ0) is 22.7. The number of hydrogen-bond acceptors (Lipinski definition) is 6. The Balaban J connectivity index is 0.00000274. The fourth-order valence-electron chi connectivity index (χ4n) is 6.46. The molecule has 2 aliphatic carbocycles. The number of nitrogens with zero attached hydrogens (tertiary/aromatic N) is 2. The highest BCUT2D eigenvalue weighted by atomic mass is 35.5. The first-order valence-corrected chi connectivity index (χ1v) is 12.5. The van der Waals surface area contributed by atoms with Crippen molar-refractivity contribution in [1.29, 1.82) is 0 Å². The molecular weight excluding hydrogens is 450 g/mol. The number of nitrogens with one attached hydrogen (secondary N) is 1. The molecule has 186 valence electrons. The Morgan fingerprint density at radius 1 is 1.06 bits per heavy atom. The second kappa shape index (κ2) is 11.3. The van der Waals surface area contributed by atoms with E-state index in [1.165, 1.54) is 45.1 Å². The number of anilines is 2. The van der Waals surface area contributed by atoms with Gasteiger partial charge in [-0.2, -0.15) is 0 Å². The number of hydrogen-bond donors (Lipinski definition) is 1. The minimum atomic E-state index is 0. The smallest absolute Gasteiger partial charge is 0.215 e. The molecule has 1 saturated carbocycles. The summed E-state index contributed by atoms with van der Waals surface area (Å²) in [4.78, 5) is 6.97. The Labute approximate surface area is 209 Å². The van der Waals surface area contributed by atoms with Crippen molar-refractivity contribution >= 4 is 23.8 Å². The number of rotatable bonds is 9. The lowest BCUT2D eigenvalue weighted by molar-refractivity contribution is 0.00290. The molecule has 3 atom stereocenters. The molecule has 1 aromatic carbocycles. The molecule has 1 aromatic heterocycles. The van der Waals surface area contributed by atoms with Gasteiger partial charge in [-0.15, -0.1) is 12.4 Å². The van der Waals surface area contributed by atoms with Crippen LogP contribution in [0.2, 0.25) is 0 Å². The first-order valence-electron chi connectivity index (χ1n) is 12.5. The van der Waals surface area contributed by atoms with E-state index in [9.17, 15) is 0 Å². The van der Waals surface area contributed by atoms with Gasteiger partial charge in [0.15, 0.2) is 0 Å². The van der Waals surface area contributed by atoms with Crippen molar-refractivity contribution in [2.75, 3.05) is 52.4 Å². The van der Waals surface area contributed by atoms with E-state index in [2.05, 4.69) is 40.4 Å². The van der Waals surface area contributed by atoms with E-state index in [1.54, 1.807) is 24.4 Å². The molecule has 0 amide bonds. The van der Waals surface area contributed by atoms with Crippen LogP contribution < -0.4 is 10.1 Å². The van der Waals surface area contributed by atoms with Gasteiger partial charge in [-0.25, -0.2) is 4.98 Å². The molecule has 0 spiro atoms. The molecule has 6 nitrogen and oxygen atoms in total. The molecule has 2 bridgehead atoms. The highest BCUT2D eigenvalue weighted by Gasteiger charge is 2.52. The van der Waals surface area contributed by atoms with Crippen LogP contribution in [0.4, 0.5) is 11.4 Å². The van der Waals surface area contributed by atoms with E-state index in [4.69, 9.17) is 14.2 Å². The lowest BCUT2D eigenvalue weighted by Gasteiger charge is -2.58. The maximum absolute atomic E-state index is 5.77. The normalized spacial score (nSPS) is 25.6. The molecule has 5 rings (SSSR count). The van der Waals surface area contributed by atoms with Crippen molar-refractivity contribution in [2.45, 2.75) is 50.0 Å². The Bertz CT molecular complexity index is 958. The summed E-state index contributed by atoms with van der Waals surface area (Å²) in [5, 5.41) is 3.61. The van der Waals surface area contributed by atoms with Crippen LogP contribution in [0.25, 0.3) is 0 Å². The molecule has 2 fully saturated rings. The van der Waals surface area contributed by atoms with Crippen LogP contribution in [0.15, 0.2) is 36.5 Å². The van der Waals surface area contributed by atoms with Crippen molar-refractivity contribution in [2.24, 2.45) is 5.92 Å². The number of aromatic nitrogens is 1. The number of benzene rings is 1. The van der Waals surface area contributed by atoms with Gasteiger partial charge in [0.25, 0.3) is 0 Å². The SMILES string of the molecule is COCCOCCOc1cc(Nc2ccc3c(c2)[C@@]24CCCC[C@H]2[C@@H](C3)N(C)CC4)ccn1.Cl. The predicted octanol–water partition coefficient (Wildman–Crippen LogP) is 4.98. The second-order valence-corrected chi connectivity index (χ2v) is 9.84. The fraction of sp³-hybridized carbons (Fsp3) is 0.593. The highest BCUT2D eigenvalue weighted by Crippen LogP contribution is 2.55. The van der Waals surface area contributed by atoms with Crippen molar-refractivity contribution in [3.05, 3.63) is 47.7 Å². The fourth-order valence-corrected chi connectivity index (χ4v) is 6.46.